The molecular formula is C53H90O6. The van der Waals surface area contributed by atoms with Crippen LogP contribution in [0, 0.1) is 0 Å². The molecule has 0 saturated heterocycles. The van der Waals surface area contributed by atoms with E-state index >= 15 is 0 Å². The molecule has 1 atom stereocenters. The maximum absolute atomic E-state index is 12.7. The number of ether oxygens (including phenoxy) is 3. The number of unbranched alkanes of at least 4 members (excludes halogenated alkanes) is 20. The molecule has 0 aliphatic carbocycles. The molecule has 6 nitrogen and oxygen atoms in total. The minimum Gasteiger partial charge on any atom is -0.462 e. The van der Waals surface area contributed by atoms with Crippen LogP contribution < -0.4 is 0 Å². The van der Waals surface area contributed by atoms with Gasteiger partial charge < -0.3 is 14.2 Å². The average molecular weight is 823 g/mol. The Kier molecular flexibility index (Phi) is 45.0. The third-order valence-electron chi connectivity index (χ3n) is 10.2. The fraction of sp³-hybridized carbons (Fsp3) is 0.717. The van der Waals surface area contributed by atoms with Gasteiger partial charge >= 0.3 is 17.9 Å². The number of hydrogen-bond acceptors (Lipinski definition) is 6. The van der Waals surface area contributed by atoms with Crippen molar-refractivity contribution in [1.82, 2.24) is 0 Å². The summed E-state index contributed by atoms with van der Waals surface area (Å²) in [7, 11) is 0. The van der Waals surface area contributed by atoms with Crippen LogP contribution in [-0.2, 0) is 28.6 Å². The summed E-state index contributed by atoms with van der Waals surface area (Å²) in [6, 6.07) is 0. The fourth-order valence-electron chi connectivity index (χ4n) is 6.52. The van der Waals surface area contributed by atoms with Gasteiger partial charge in [0, 0.05) is 19.3 Å². The molecule has 1 unspecified atom stereocenters. The molecule has 0 amide bonds. The highest BCUT2D eigenvalue weighted by Crippen LogP contribution is 2.13. The van der Waals surface area contributed by atoms with Gasteiger partial charge in [-0.1, -0.05) is 190 Å². The van der Waals surface area contributed by atoms with E-state index in [1.165, 1.54) is 57.8 Å². The lowest BCUT2D eigenvalue weighted by molar-refractivity contribution is -0.167. The Labute approximate surface area is 363 Å². The zero-order valence-corrected chi connectivity index (χ0v) is 38.5. The molecule has 0 aromatic carbocycles. The molecule has 0 saturated carbocycles. The largest absolute Gasteiger partial charge is 0.462 e. The number of carbonyl (C=O) groups excluding carboxylic acids is 3. The smallest absolute Gasteiger partial charge is 0.306 e. The summed E-state index contributed by atoms with van der Waals surface area (Å²) < 4.78 is 16.6. The summed E-state index contributed by atoms with van der Waals surface area (Å²) in [5.74, 6) is -0.930. The van der Waals surface area contributed by atoms with Crippen molar-refractivity contribution in [2.45, 2.75) is 232 Å². The molecule has 59 heavy (non-hydrogen) atoms. The number of carbonyl (C=O) groups is 3. The quantitative estimate of drug-likeness (QED) is 0.0264. The lowest BCUT2D eigenvalue weighted by Gasteiger charge is -2.18. The average Bonchev–Trinajstić information content (AvgIpc) is 3.23. The fourth-order valence-corrected chi connectivity index (χ4v) is 6.52. The van der Waals surface area contributed by atoms with Crippen molar-refractivity contribution in [3.05, 3.63) is 72.9 Å². The molecule has 0 aromatic heterocycles. The molecule has 0 bridgehead atoms. The zero-order valence-electron chi connectivity index (χ0n) is 38.5. The van der Waals surface area contributed by atoms with Crippen molar-refractivity contribution in [3.63, 3.8) is 0 Å². The first-order chi connectivity index (χ1) is 29.0. The SMILES string of the molecule is CC/C=C\C/C=C\C/C=C\C/C=C\C/C=C\CCCCCCCC(=O)OCC(COC(=O)CCCCCCC)OC(=O)CCCCCCC/C=C\CCCCCCCC. The van der Waals surface area contributed by atoms with Gasteiger partial charge in [-0.3, -0.25) is 14.4 Å². The summed E-state index contributed by atoms with van der Waals surface area (Å²) in [5.41, 5.74) is 0. The van der Waals surface area contributed by atoms with Gasteiger partial charge in [0.05, 0.1) is 0 Å². The zero-order chi connectivity index (χ0) is 43.0. The third-order valence-corrected chi connectivity index (χ3v) is 10.2. The monoisotopic (exact) mass is 823 g/mol. The Bertz CT molecular complexity index is 1130. The Morgan fingerprint density at radius 3 is 1.05 bits per heavy atom. The molecule has 6 heteroatoms. The van der Waals surface area contributed by atoms with Crippen LogP contribution in [-0.4, -0.2) is 37.2 Å². The van der Waals surface area contributed by atoms with Gasteiger partial charge in [0.2, 0.25) is 0 Å². The molecule has 0 heterocycles. The van der Waals surface area contributed by atoms with Crippen LogP contribution in [0.15, 0.2) is 72.9 Å². The predicted octanol–water partition coefficient (Wildman–Crippen LogP) is 15.9. The standard InChI is InChI=1S/C53H90O6/c1-4-7-10-13-15-17-19-21-23-24-25-26-27-28-30-31-33-35-37-40-43-46-52(55)58-49-50(48-57-51(54)45-42-39-12-9-6-3)59-53(56)47-44-41-38-36-34-32-29-22-20-18-16-14-11-8-5-2/h7,10,15,17,21-23,25-26,28-30,50H,4-6,8-9,11-14,16,18-20,24,27,31-49H2,1-3H3/b10-7-,17-15-,23-21-,26-25-,29-22-,30-28-. The van der Waals surface area contributed by atoms with Crippen LogP contribution in [0.3, 0.4) is 0 Å². The van der Waals surface area contributed by atoms with Crippen LogP contribution in [0.1, 0.15) is 226 Å². The van der Waals surface area contributed by atoms with Crippen LogP contribution >= 0.6 is 0 Å². The topological polar surface area (TPSA) is 78.9 Å². The van der Waals surface area contributed by atoms with E-state index in [0.717, 1.165) is 128 Å². The van der Waals surface area contributed by atoms with Crippen molar-refractivity contribution < 1.29 is 28.6 Å². The van der Waals surface area contributed by atoms with E-state index in [-0.39, 0.29) is 31.1 Å². The molecule has 0 aliphatic heterocycles. The number of rotatable bonds is 43. The van der Waals surface area contributed by atoms with Crippen molar-refractivity contribution in [2.24, 2.45) is 0 Å². The van der Waals surface area contributed by atoms with Crippen LogP contribution in [0.2, 0.25) is 0 Å². The maximum atomic E-state index is 12.7. The molecule has 0 fully saturated rings. The summed E-state index contributed by atoms with van der Waals surface area (Å²) >= 11 is 0. The Morgan fingerprint density at radius 2 is 0.661 bits per heavy atom. The highest BCUT2D eigenvalue weighted by atomic mass is 16.6. The molecule has 0 rings (SSSR count). The molecule has 0 aliphatic rings. The van der Waals surface area contributed by atoms with Crippen LogP contribution in [0.4, 0.5) is 0 Å². The minimum absolute atomic E-state index is 0.0862. The van der Waals surface area contributed by atoms with Crippen molar-refractivity contribution in [2.75, 3.05) is 13.2 Å². The maximum Gasteiger partial charge on any atom is 0.306 e. The van der Waals surface area contributed by atoms with Gasteiger partial charge in [-0.15, -0.1) is 0 Å². The van der Waals surface area contributed by atoms with Crippen LogP contribution in [0.25, 0.3) is 0 Å². The van der Waals surface area contributed by atoms with E-state index < -0.39 is 6.10 Å². The Balaban J connectivity index is 4.24. The lowest BCUT2D eigenvalue weighted by Crippen LogP contribution is -2.30. The van der Waals surface area contributed by atoms with Gasteiger partial charge in [-0.2, -0.15) is 0 Å². The predicted molar refractivity (Wildman–Crippen MR) is 251 cm³/mol. The van der Waals surface area contributed by atoms with Crippen molar-refractivity contribution in [3.8, 4) is 0 Å². The van der Waals surface area contributed by atoms with E-state index in [0.29, 0.717) is 19.3 Å². The highest BCUT2D eigenvalue weighted by Gasteiger charge is 2.19. The number of hydrogen-bond donors (Lipinski definition) is 0. The number of allylic oxidation sites excluding steroid dienone is 12. The summed E-state index contributed by atoms with van der Waals surface area (Å²) in [5, 5.41) is 0. The second kappa shape index (κ2) is 47.5. The van der Waals surface area contributed by atoms with Gasteiger partial charge in [0.15, 0.2) is 6.10 Å². The van der Waals surface area contributed by atoms with Gasteiger partial charge in [0.25, 0.3) is 0 Å². The first kappa shape index (κ1) is 55.9. The van der Waals surface area contributed by atoms with E-state index in [2.05, 4.69) is 93.7 Å². The van der Waals surface area contributed by atoms with Crippen molar-refractivity contribution in [1.29, 1.82) is 0 Å². The first-order valence-electron chi connectivity index (χ1n) is 24.4. The van der Waals surface area contributed by atoms with E-state index in [1.807, 2.05) is 0 Å². The molecule has 0 N–H and O–H groups in total. The number of esters is 3. The molecule has 0 aromatic rings. The first-order valence-corrected chi connectivity index (χ1v) is 24.4. The highest BCUT2D eigenvalue weighted by molar-refractivity contribution is 5.71. The Morgan fingerprint density at radius 1 is 0.356 bits per heavy atom. The Hall–Kier alpha value is -3.15. The molecule has 0 spiro atoms. The lowest BCUT2D eigenvalue weighted by atomic mass is 10.1. The molecular weight excluding hydrogens is 733 g/mol. The minimum atomic E-state index is -0.783. The van der Waals surface area contributed by atoms with E-state index in [9.17, 15) is 14.4 Å². The van der Waals surface area contributed by atoms with Gasteiger partial charge in [0.1, 0.15) is 13.2 Å². The van der Waals surface area contributed by atoms with Gasteiger partial charge in [-0.05, 0) is 89.9 Å². The van der Waals surface area contributed by atoms with Crippen molar-refractivity contribution >= 4 is 17.9 Å². The molecule has 338 valence electrons. The second-order valence-corrected chi connectivity index (χ2v) is 16.0. The van der Waals surface area contributed by atoms with Gasteiger partial charge in [-0.25, -0.2) is 0 Å². The van der Waals surface area contributed by atoms with E-state index in [1.54, 1.807) is 0 Å². The van der Waals surface area contributed by atoms with Crippen LogP contribution in [0.5, 0.6) is 0 Å². The van der Waals surface area contributed by atoms with E-state index in [4.69, 9.17) is 14.2 Å². The summed E-state index contributed by atoms with van der Waals surface area (Å²) in [6.07, 6.45) is 59.2. The normalized spacial score (nSPS) is 12.7. The summed E-state index contributed by atoms with van der Waals surface area (Å²) in [4.78, 5) is 37.6. The second-order valence-electron chi connectivity index (χ2n) is 16.0. The molecule has 0 radical (unpaired) electrons. The summed E-state index contributed by atoms with van der Waals surface area (Å²) in [6.45, 7) is 6.40. The third kappa shape index (κ3) is 45.8.